The number of rotatable bonds is 6. The van der Waals surface area contributed by atoms with Crippen LogP contribution in [0.25, 0.3) is 32.1 Å². The van der Waals surface area contributed by atoms with E-state index in [2.05, 4.69) is 20.0 Å². The molecule has 1 unspecified atom stereocenters. The molecular weight excluding hydrogens is 724 g/mol. The lowest BCUT2D eigenvalue weighted by Gasteiger charge is -2.50. The molecule has 0 aliphatic carbocycles. The highest BCUT2D eigenvalue weighted by Crippen LogP contribution is 2.47. The highest BCUT2D eigenvalue weighted by atomic mass is 35.5. The minimum absolute atomic E-state index is 0.00276. The number of fused-ring (bicyclic) bond motifs is 3. The van der Waals surface area contributed by atoms with Gasteiger partial charge in [0.2, 0.25) is 0 Å². The van der Waals surface area contributed by atoms with E-state index < -0.39 is 17.2 Å². The minimum Gasteiger partial charge on any atom is -0.461 e. The minimum atomic E-state index is -0.766. The number of anilines is 2. The number of nitrogens with two attached hydrogens (primary N) is 1. The molecule has 1 spiro atoms. The Morgan fingerprint density at radius 3 is 2.62 bits per heavy atom. The van der Waals surface area contributed by atoms with Crippen molar-refractivity contribution in [2.45, 2.75) is 56.0 Å². The van der Waals surface area contributed by atoms with Gasteiger partial charge < -0.3 is 20.3 Å². The number of likely N-dealkylation sites (tertiary alicyclic amines) is 1. The molecule has 0 saturated carbocycles. The third-order valence-corrected chi connectivity index (χ3v) is 12.9. The summed E-state index contributed by atoms with van der Waals surface area (Å²) in [6.07, 6.45) is 6.83. The molecule has 4 fully saturated rings. The summed E-state index contributed by atoms with van der Waals surface area (Å²) in [4.78, 5) is 33.4. The van der Waals surface area contributed by atoms with E-state index >= 15 is 4.39 Å². The Balaban J connectivity index is 1.13. The summed E-state index contributed by atoms with van der Waals surface area (Å²) < 4.78 is 39.8. The number of carbonyl (C=O) groups is 1. The fourth-order valence-electron chi connectivity index (χ4n) is 8.85. The molecule has 9 rings (SSSR count). The van der Waals surface area contributed by atoms with Crippen LogP contribution in [0, 0.1) is 34.3 Å². The first-order valence-electron chi connectivity index (χ1n) is 17.5. The number of aromatic nitrogens is 5. The number of nitriles is 2. The van der Waals surface area contributed by atoms with Gasteiger partial charge in [0.1, 0.15) is 41.2 Å². The van der Waals surface area contributed by atoms with Crippen molar-refractivity contribution in [2.24, 2.45) is 0 Å². The van der Waals surface area contributed by atoms with Crippen molar-refractivity contribution in [3.8, 4) is 29.3 Å². The predicted octanol–water partition coefficient (Wildman–Crippen LogP) is 5.88. The summed E-state index contributed by atoms with van der Waals surface area (Å²) in [6.45, 7) is 3.80. The van der Waals surface area contributed by atoms with Gasteiger partial charge in [-0.2, -0.15) is 25.2 Å². The maximum atomic E-state index is 17.2. The largest absolute Gasteiger partial charge is 0.461 e. The Bertz CT molecular complexity index is 2430. The third-order valence-electron chi connectivity index (χ3n) is 11.5. The Hall–Kier alpha value is -5.16. The van der Waals surface area contributed by atoms with Crippen LogP contribution in [0.4, 0.5) is 24.4 Å². The van der Waals surface area contributed by atoms with Gasteiger partial charge >= 0.3 is 12.0 Å². The number of thiophene rings is 1. The van der Waals surface area contributed by atoms with Crippen LogP contribution in [-0.4, -0.2) is 91.0 Å². The summed E-state index contributed by atoms with van der Waals surface area (Å²) in [5, 5.41) is 23.8. The fourth-order valence-corrected chi connectivity index (χ4v) is 10.1. The van der Waals surface area contributed by atoms with E-state index in [9.17, 15) is 14.4 Å². The summed E-state index contributed by atoms with van der Waals surface area (Å²) in [5.41, 5.74) is 5.65. The second-order valence-corrected chi connectivity index (χ2v) is 15.7. The summed E-state index contributed by atoms with van der Waals surface area (Å²) >= 11 is 7.84. The summed E-state index contributed by atoms with van der Waals surface area (Å²) in [6, 6.07) is 7.93. The monoisotopic (exact) mass is 755 g/mol. The molecule has 4 aliphatic heterocycles. The Kier molecular flexibility index (Phi) is 7.92. The molecule has 2 N–H and O–H groups in total. The standard InChI is InChI=1S/C36H32ClF2N11O2S/c37-23-15-21-29(28(39)27(23)20-3-4-24(38)30-26(20)22(16-41)31(42)53-30)44-33(52-18-36-6-1-11-48(36)12-2-7-36)45-32(21)47-13-8-35(17-47)9-14-49(35)34(51)50-19-43-25(46-50)5-10-40/h3-4,15,19H,1-2,5-9,11-14,17-18,42H2. The topological polar surface area (TPSA) is 166 Å². The highest BCUT2D eigenvalue weighted by molar-refractivity contribution is 7.23. The quantitative estimate of drug-likeness (QED) is 0.220. The highest BCUT2D eigenvalue weighted by Gasteiger charge is 2.53. The molecular formula is C36H32ClF2N11O2S. The lowest BCUT2D eigenvalue weighted by molar-refractivity contribution is 0.0399. The molecule has 5 aromatic rings. The van der Waals surface area contributed by atoms with Crippen LogP contribution in [0.1, 0.15) is 49.9 Å². The molecule has 1 amide bonds. The number of nitrogens with zero attached hydrogens (tertiary/aromatic N) is 10. The van der Waals surface area contributed by atoms with Gasteiger partial charge in [-0.1, -0.05) is 17.7 Å². The molecule has 3 aromatic heterocycles. The number of hydrogen-bond donors (Lipinski definition) is 1. The van der Waals surface area contributed by atoms with Gasteiger partial charge in [-0.15, -0.1) is 16.4 Å². The van der Waals surface area contributed by atoms with Crippen LogP contribution >= 0.6 is 22.9 Å². The van der Waals surface area contributed by atoms with Crippen LogP contribution in [0.15, 0.2) is 24.5 Å². The van der Waals surface area contributed by atoms with E-state index in [-0.39, 0.29) is 72.1 Å². The first-order chi connectivity index (χ1) is 25.6. The second kappa shape index (κ2) is 12.5. The van der Waals surface area contributed by atoms with E-state index in [0.29, 0.717) is 43.9 Å². The predicted molar refractivity (Wildman–Crippen MR) is 194 cm³/mol. The van der Waals surface area contributed by atoms with Gasteiger partial charge in [-0.25, -0.2) is 18.6 Å². The smallest absolute Gasteiger partial charge is 0.346 e. The van der Waals surface area contributed by atoms with Gasteiger partial charge in [-0.3, -0.25) is 4.90 Å². The zero-order valence-electron chi connectivity index (χ0n) is 28.4. The maximum Gasteiger partial charge on any atom is 0.346 e. The first kappa shape index (κ1) is 33.7. The van der Waals surface area contributed by atoms with Gasteiger partial charge in [-0.05, 0) is 69.3 Å². The lowest BCUT2D eigenvalue weighted by Crippen LogP contribution is -2.64. The fraction of sp³-hybridized carbons (Fsp3) is 0.417. The Morgan fingerprint density at radius 2 is 1.89 bits per heavy atom. The Morgan fingerprint density at radius 1 is 1.09 bits per heavy atom. The number of benzene rings is 2. The number of halogens is 3. The van der Waals surface area contributed by atoms with Crippen LogP contribution in [0.2, 0.25) is 5.02 Å². The van der Waals surface area contributed by atoms with Crippen LogP contribution in [0.3, 0.4) is 0 Å². The average Bonchev–Trinajstić information content (AvgIpc) is 3.97. The van der Waals surface area contributed by atoms with E-state index in [0.717, 1.165) is 56.5 Å². The zero-order valence-corrected chi connectivity index (χ0v) is 30.0. The second-order valence-electron chi connectivity index (χ2n) is 14.3. The zero-order chi connectivity index (χ0) is 36.6. The van der Waals surface area contributed by atoms with Crippen molar-refractivity contribution in [2.75, 3.05) is 50.0 Å². The molecule has 4 aliphatic rings. The number of ether oxygens (including phenoxy) is 1. The average molecular weight is 756 g/mol. The number of carbonyl (C=O) groups excluding carboxylic acids is 1. The molecule has 53 heavy (non-hydrogen) atoms. The number of hydrogen-bond acceptors (Lipinski definition) is 12. The lowest BCUT2D eigenvalue weighted by atomic mass is 9.84. The molecule has 270 valence electrons. The molecule has 1 atom stereocenters. The van der Waals surface area contributed by atoms with Gasteiger partial charge in [0.15, 0.2) is 11.6 Å². The van der Waals surface area contributed by atoms with E-state index in [1.54, 1.807) is 11.0 Å². The molecule has 0 bridgehead atoms. The molecule has 0 radical (unpaired) electrons. The number of nitrogen functional groups attached to an aromatic ring is 1. The number of amides is 1. The van der Waals surface area contributed by atoms with Crippen molar-refractivity contribution in [3.63, 3.8) is 0 Å². The van der Waals surface area contributed by atoms with Crippen LogP contribution < -0.4 is 15.4 Å². The van der Waals surface area contributed by atoms with Crippen molar-refractivity contribution in [1.29, 1.82) is 10.5 Å². The summed E-state index contributed by atoms with van der Waals surface area (Å²) in [7, 11) is 0. The molecule has 2 aromatic carbocycles. The van der Waals surface area contributed by atoms with E-state index in [4.69, 9.17) is 32.3 Å². The normalized spacial score (nSPS) is 20.6. The molecule has 13 nitrogen and oxygen atoms in total. The summed E-state index contributed by atoms with van der Waals surface area (Å²) in [5.74, 6) is -0.658. The Labute approximate surface area is 311 Å². The van der Waals surface area contributed by atoms with Crippen LogP contribution in [0.5, 0.6) is 6.01 Å². The van der Waals surface area contributed by atoms with Crippen molar-refractivity contribution in [1.82, 2.24) is 34.5 Å². The molecule has 7 heterocycles. The third kappa shape index (κ3) is 5.18. The van der Waals surface area contributed by atoms with Gasteiger partial charge in [0.05, 0.1) is 38.9 Å². The van der Waals surface area contributed by atoms with Gasteiger partial charge in [0.25, 0.3) is 0 Å². The van der Waals surface area contributed by atoms with Crippen molar-refractivity contribution >= 4 is 60.8 Å². The van der Waals surface area contributed by atoms with Crippen LogP contribution in [-0.2, 0) is 6.42 Å². The van der Waals surface area contributed by atoms with E-state index in [1.807, 2.05) is 17.0 Å². The van der Waals surface area contributed by atoms with E-state index in [1.165, 1.54) is 23.1 Å². The van der Waals surface area contributed by atoms with Gasteiger partial charge in [0, 0.05) is 36.0 Å². The first-order valence-corrected chi connectivity index (χ1v) is 18.7. The molecule has 4 saturated heterocycles. The van der Waals surface area contributed by atoms with Crippen molar-refractivity contribution < 1.29 is 18.3 Å². The van der Waals surface area contributed by atoms with Crippen molar-refractivity contribution in [3.05, 3.63) is 52.6 Å². The SMILES string of the molecule is N#CCc1ncn(C(=O)N2CCC23CCN(c2nc(OCC45CCCN4CCC5)nc4c(F)c(-c5ccc(F)c6sc(N)c(C#N)c56)c(Cl)cc24)C3)n1. The molecule has 17 heteroatoms. The maximum absolute atomic E-state index is 17.2.